The standard InChI is InChI=1S/C15H26N2O/c1-12-4-6-14(7-5-12)8-9-15(17-16)13(2)10-11-18-3/h4-7,13,15,17H,8-11,16H2,1-3H3. The Hall–Kier alpha value is -0.900. The minimum Gasteiger partial charge on any atom is -0.385 e. The van der Waals surface area contributed by atoms with Crippen LogP contribution in [0.5, 0.6) is 0 Å². The number of rotatable bonds is 8. The highest BCUT2D eigenvalue weighted by atomic mass is 16.5. The van der Waals surface area contributed by atoms with Crippen LogP contribution >= 0.6 is 0 Å². The molecule has 3 nitrogen and oxygen atoms in total. The van der Waals surface area contributed by atoms with Crippen LogP contribution in [0.2, 0.25) is 0 Å². The summed E-state index contributed by atoms with van der Waals surface area (Å²) in [5, 5.41) is 0. The van der Waals surface area contributed by atoms with Crippen molar-refractivity contribution in [1.82, 2.24) is 5.43 Å². The van der Waals surface area contributed by atoms with Gasteiger partial charge in [0.1, 0.15) is 0 Å². The van der Waals surface area contributed by atoms with Crippen LogP contribution in [0.4, 0.5) is 0 Å². The van der Waals surface area contributed by atoms with E-state index in [2.05, 4.69) is 43.5 Å². The summed E-state index contributed by atoms with van der Waals surface area (Å²) in [6.45, 7) is 5.13. The van der Waals surface area contributed by atoms with Gasteiger partial charge in [-0.1, -0.05) is 36.8 Å². The second-order valence-electron chi connectivity index (χ2n) is 5.06. The van der Waals surface area contributed by atoms with Gasteiger partial charge in [-0.15, -0.1) is 0 Å². The maximum Gasteiger partial charge on any atom is 0.0465 e. The normalized spacial score (nSPS) is 14.4. The molecule has 0 saturated heterocycles. The van der Waals surface area contributed by atoms with Gasteiger partial charge in [0.15, 0.2) is 0 Å². The molecule has 18 heavy (non-hydrogen) atoms. The van der Waals surface area contributed by atoms with Gasteiger partial charge in [0.05, 0.1) is 0 Å². The molecular weight excluding hydrogens is 224 g/mol. The largest absolute Gasteiger partial charge is 0.385 e. The highest BCUT2D eigenvalue weighted by molar-refractivity contribution is 5.21. The Morgan fingerprint density at radius 2 is 1.89 bits per heavy atom. The number of methoxy groups -OCH3 is 1. The third kappa shape index (κ3) is 5.17. The fourth-order valence-electron chi connectivity index (χ4n) is 2.11. The maximum absolute atomic E-state index is 5.64. The molecule has 3 heteroatoms. The second kappa shape index (κ2) is 8.25. The zero-order valence-corrected chi connectivity index (χ0v) is 11.8. The third-order valence-electron chi connectivity index (χ3n) is 3.54. The Kier molecular flexibility index (Phi) is 6.94. The zero-order valence-electron chi connectivity index (χ0n) is 11.8. The molecule has 1 rings (SSSR count). The topological polar surface area (TPSA) is 47.3 Å². The van der Waals surface area contributed by atoms with E-state index in [1.165, 1.54) is 11.1 Å². The predicted octanol–water partition coefficient (Wildman–Crippen LogP) is 2.43. The Morgan fingerprint density at radius 1 is 1.22 bits per heavy atom. The summed E-state index contributed by atoms with van der Waals surface area (Å²) >= 11 is 0. The number of ether oxygens (including phenoxy) is 1. The Labute approximate surface area is 111 Å². The van der Waals surface area contributed by atoms with Crippen LogP contribution < -0.4 is 11.3 Å². The number of hydrogen-bond donors (Lipinski definition) is 2. The summed E-state index contributed by atoms with van der Waals surface area (Å²) in [7, 11) is 1.74. The Balaban J connectivity index is 2.41. The van der Waals surface area contributed by atoms with Crippen molar-refractivity contribution in [3.05, 3.63) is 35.4 Å². The molecule has 1 aromatic carbocycles. The first kappa shape index (κ1) is 15.2. The lowest BCUT2D eigenvalue weighted by Gasteiger charge is -2.23. The SMILES string of the molecule is COCCC(C)C(CCc1ccc(C)cc1)NN. The fourth-order valence-corrected chi connectivity index (χ4v) is 2.11. The fraction of sp³-hybridized carbons (Fsp3) is 0.600. The first-order chi connectivity index (χ1) is 8.67. The number of hydrogen-bond acceptors (Lipinski definition) is 3. The van der Waals surface area contributed by atoms with Crippen molar-refractivity contribution in [2.24, 2.45) is 11.8 Å². The van der Waals surface area contributed by atoms with Crippen LogP contribution in [-0.2, 0) is 11.2 Å². The molecule has 0 fully saturated rings. The van der Waals surface area contributed by atoms with Gasteiger partial charge >= 0.3 is 0 Å². The number of benzene rings is 1. The molecule has 3 N–H and O–H groups in total. The van der Waals surface area contributed by atoms with Crippen molar-refractivity contribution in [3.63, 3.8) is 0 Å². The molecule has 2 unspecified atom stereocenters. The number of nitrogens with one attached hydrogen (secondary N) is 1. The molecule has 2 atom stereocenters. The van der Waals surface area contributed by atoms with Crippen LogP contribution in [0.1, 0.15) is 30.9 Å². The summed E-state index contributed by atoms with van der Waals surface area (Å²) in [4.78, 5) is 0. The van der Waals surface area contributed by atoms with Crippen molar-refractivity contribution in [2.75, 3.05) is 13.7 Å². The lowest BCUT2D eigenvalue weighted by atomic mass is 9.93. The van der Waals surface area contributed by atoms with Crippen molar-refractivity contribution in [3.8, 4) is 0 Å². The van der Waals surface area contributed by atoms with E-state index in [9.17, 15) is 0 Å². The molecule has 0 bridgehead atoms. The monoisotopic (exact) mass is 250 g/mol. The van der Waals surface area contributed by atoms with E-state index in [1.807, 2.05) is 0 Å². The van der Waals surface area contributed by atoms with E-state index in [4.69, 9.17) is 10.6 Å². The van der Waals surface area contributed by atoms with E-state index >= 15 is 0 Å². The number of nitrogens with two attached hydrogens (primary N) is 1. The molecular formula is C15H26N2O. The highest BCUT2D eigenvalue weighted by Gasteiger charge is 2.15. The molecule has 0 aliphatic rings. The van der Waals surface area contributed by atoms with E-state index < -0.39 is 0 Å². The molecule has 0 radical (unpaired) electrons. The molecule has 102 valence electrons. The van der Waals surface area contributed by atoms with Crippen LogP contribution in [0.25, 0.3) is 0 Å². The van der Waals surface area contributed by atoms with Gasteiger partial charge in [-0.2, -0.15) is 0 Å². The highest BCUT2D eigenvalue weighted by Crippen LogP contribution is 2.14. The van der Waals surface area contributed by atoms with Gasteiger partial charge in [0.25, 0.3) is 0 Å². The molecule has 0 aromatic heterocycles. The summed E-state index contributed by atoms with van der Waals surface area (Å²) in [5.74, 6) is 6.17. The number of hydrazine groups is 1. The maximum atomic E-state index is 5.64. The van der Waals surface area contributed by atoms with E-state index in [0.29, 0.717) is 12.0 Å². The molecule has 0 spiro atoms. The van der Waals surface area contributed by atoms with Crippen LogP contribution in [0.3, 0.4) is 0 Å². The van der Waals surface area contributed by atoms with Crippen LogP contribution in [0, 0.1) is 12.8 Å². The molecule has 0 aliphatic carbocycles. The smallest absolute Gasteiger partial charge is 0.0465 e. The van der Waals surface area contributed by atoms with Crippen LogP contribution in [0.15, 0.2) is 24.3 Å². The van der Waals surface area contributed by atoms with Gasteiger partial charge in [-0.25, -0.2) is 0 Å². The summed E-state index contributed by atoms with van der Waals surface area (Å²) in [6, 6.07) is 9.07. The molecule has 0 saturated carbocycles. The van der Waals surface area contributed by atoms with E-state index in [0.717, 1.165) is 25.9 Å². The average molecular weight is 250 g/mol. The van der Waals surface area contributed by atoms with E-state index in [-0.39, 0.29) is 0 Å². The van der Waals surface area contributed by atoms with Crippen molar-refractivity contribution in [2.45, 2.75) is 39.2 Å². The lowest BCUT2D eigenvalue weighted by molar-refractivity contribution is 0.168. The summed E-state index contributed by atoms with van der Waals surface area (Å²) in [6.07, 6.45) is 3.16. The number of aryl methyl sites for hydroxylation is 2. The van der Waals surface area contributed by atoms with Crippen molar-refractivity contribution >= 4 is 0 Å². The first-order valence-electron chi connectivity index (χ1n) is 6.68. The molecule has 1 aromatic rings. The first-order valence-corrected chi connectivity index (χ1v) is 6.68. The zero-order chi connectivity index (χ0) is 13.4. The second-order valence-corrected chi connectivity index (χ2v) is 5.06. The lowest BCUT2D eigenvalue weighted by Crippen LogP contribution is -2.40. The van der Waals surface area contributed by atoms with Crippen LogP contribution in [-0.4, -0.2) is 19.8 Å². The Morgan fingerprint density at radius 3 is 2.44 bits per heavy atom. The molecule has 0 aliphatic heterocycles. The van der Waals surface area contributed by atoms with Gasteiger partial charge < -0.3 is 4.74 Å². The van der Waals surface area contributed by atoms with Gasteiger partial charge in [-0.3, -0.25) is 11.3 Å². The Bertz CT molecular complexity index is 324. The predicted molar refractivity (Wildman–Crippen MR) is 76.3 cm³/mol. The van der Waals surface area contributed by atoms with Crippen molar-refractivity contribution in [1.29, 1.82) is 0 Å². The minimum atomic E-state index is 0.349. The average Bonchev–Trinajstić information content (AvgIpc) is 2.39. The van der Waals surface area contributed by atoms with Gasteiger partial charge in [0.2, 0.25) is 0 Å². The van der Waals surface area contributed by atoms with E-state index in [1.54, 1.807) is 7.11 Å². The van der Waals surface area contributed by atoms with Crippen molar-refractivity contribution < 1.29 is 4.74 Å². The van der Waals surface area contributed by atoms with Gasteiger partial charge in [0, 0.05) is 19.8 Å². The quantitative estimate of drug-likeness (QED) is 0.550. The third-order valence-corrected chi connectivity index (χ3v) is 3.54. The minimum absolute atomic E-state index is 0.349. The summed E-state index contributed by atoms with van der Waals surface area (Å²) < 4.78 is 5.11. The van der Waals surface area contributed by atoms with Gasteiger partial charge in [-0.05, 0) is 37.7 Å². The molecule has 0 amide bonds. The molecule has 0 heterocycles. The summed E-state index contributed by atoms with van der Waals surface area (Å²) in [5.41, 5.74) is 5.62.